The second kappa shape index (κ2) is 15.1. The van der Waals surface area contributed by atoms with Gasteiger partial charge in [-0.2, -0.15) is 0 Å². The first-order valence-electron chi connectivity index (χ1n) is 11.0. The monoisotopic (exact) mass is 509 g/mol. The van der Waals surface area contributed by atoms with Crippen LogP contribution in [0.2, 0.25) is 0 Å². The van der Waals surface area contributed by atoms with Crippen molar-refractivity contribution >= 4 is 35.6 Å². The molecule has 1 aromatic rings. The summed E-state index contributed by atoms with van der Waals surface area (Å²) >= 11 is 0. The largest absolute Gasteiger partial charge is 0.481 e. The first-order chi connectivity index (χ1) is 16.9. The Balaban J connectivity index is 2.86. The van der Waals surface area contributed by atoms with Crippen molar-refractivity contribution in [3.05, 3.63) is 35.9 Å². The van der Waals surface area contributed by atoms with Crippen molar-refractivity contribution in [1.82, 2.24) is 16.0 Å². The van der Waals surface area contributed by atoms with Crippen molar-refractivity contribution < 1.29 is 44.1 Å². The summed E-state index contributed by atoms with van der Waals surface area (Å²) in [6, 6.07) is 3.22. The lowest BCUT2D eigenvalue weighted by molar-refractivity contribution is -0.143. The molecule has 0 aliphatic rings. The summed E-state index contributed by atoms with van der Waals surface area (Å²) in [6.07, 6.45) is -1.50. The Morgan fingerprint density at radius 1 is 0.778 bits per heavy atom. The molecular formula is C22H31N5O9. The quantitative estimate of drug-likeness (QED) is 0.114. The van der Waals surface area contributed by atoms with Crippen LogP contribution in [0.25, 0.3) is 0 Å². The summed E-state index contributed by atoms with van der Waals surface area (Å²) in [4.78, 5) is 71.0. The molecule has 1 aromatic carbocycles. The SMILES string of the molecule is NC(=O)CCC(NC(=O)C(CO)NC(=O)C(N)Cc1ccccc1)C(=O)NC(CCC(=O)O)C(=O)O. The lowest BCUT2D eigenvalue weighted by Gasteiger charge is -2.24. The average molecular weight is 510 g/mol. The number of carbonyl (C=O) groups excluding carboxylic acids is 4. The van der Waals surface area contributed by atoms with Gasteiger partial charge < -0.3 is 42.7 Å². The predicted molar refractivity (Wildman–Crippen MR) is 124 cm³/mol. The number of aliphatic hydroxyl groups excluding tert-OH is 1. The van der Waals surface area contributed by atoms with E-state index in [9.17, 15) is 39.0 Å². The minimum Gasteiger partial charge on any atom is -0.481 e. The Hall–Kier alpha value is -4.04. The maximum atomic E-state index is 12.7. The van der Waals surface area contributed by atoms with Gasteiger partial charge in [-0.05, 0) is 24.8 Å². The molecule has 0 fully saturated rings. The number of nitrogens with two attached hydrogens (primary N) is 2. The van der Waals surface area contributed by atoms with Gasteiger partial charge in [-0.25, -0.2) is 4.79 Å². The smallest absolute Gasteiger partial charge is 0.326 e. The van der Waals surface area contributed by atoms with Crippen LogP contribution in [-0.2, 0) is 35.2 Å². The number of hydrogen-bond acceptors (Lipinski definition) is 8. The molecule has 4 atom stereocenters. The van der Waals surface area contributed by atoms with Crippen LogP contribution in [0.5, 0.6) is 0 Å². The van der Waals surface area contributed by atoms with Gasteiger partial charge in [-0.3, -0.25) is 24.0 Å². The Morgan fingerprint density at radius 2 is 1.31 bits per heavy atom. The molecular weight excluding hydrogens is 478 g/mol. The van der Waals surface area contributed by atoms with Gasteiger partial charge in [-0.1, -0.05) is 30.3 Å². The van der Waals surface area contributed by atoms with E-state index >= 15 is 0 Å². The standard InChI is InChI=1S/C22H31N5O9/c23-13(10-12-4-2-1-3-5-12)19(32)27-16(11-28)21(34)25-14(6-8-17(24)29)20(33)26-15(22(35)36)7-9-18(30)31/h1-5,13-16,28H,6-11,23H2,(H2,24,29)(H,25,34)(H,26,33)(H,27,32)(H,30,31)(H,35,36). The van der Waals surface area contributed by atoms with Crippen LogP contribution in [0.4, 0.5) is 0 Å². The molecule has 198 valence electrons. The highest BCUT2D eigenvalue weighted by Gasteiger charge is 2.30. The molecule has 0 aliphatic heterocycles. The highest BCUT2D eigenvalue weighted by atomic mass is 16.4. The number of nitrogens with one attached hydrogen (secondary N) is 3. The molecule has 0 spiro atoms. The van der Waals surface area contributed by atoms with E-state index in [1.807, 2.05) is 0 Å². The molecule has 0 saturated heterocycles. The third-order valence-corrected chi connectivity index (χ3v) is 5.02. The molecule has 10 N–H and O–H groups in total. The van der Waals surface area contributed by atoms with Crippen LogP contribution in [0.1, 0.15) is 31.2 Å². The molecule has 0 aromatic heterocycles. The molecule has 0 radical (unpaired) electrons. The van der Waals surface area contributed by atoms with E-state index in [1.165, 1.54) is 0 Å². The molecule has 14 nitrogen and oxygen atoms in total. The van der Waals surface area contributed by atoms with Crippen LogP contribution in [0.3, 0.4) is 0 Å². The Morgan fingerprint density at radius 3 is 1.83 bits per heavy atom. The Labute approximate surface area is 206 Å². The predicted octanol–water partition coefficient (Wildman–Crippen LogP) is -2.78. The Kier molecular flexibility index (Phi) is 12.5. The molecule has 14 heteroatoms. The van der Waals surface area contributed by atoms with Crippen molar-refractivity contribution in [2.24, 2.45) is 11.5 Å². The van der Waals surface area contributed by atoms with Gasteiger partial charge in [-0.15, -0.1) is 0 Å². The Bertz CT molecular complexity index is 941. The van der Waals surface area contributed by atoms with E-state index < -0.39 is 79.2 Å². The molecule has 36 heavy (non-hydrogen) atoms. The van der Waals surface area contributed by atoms with E-state index in [4.69, 9.17) is 16.6 Å². The summed E-state index contributed by atoms with van der Waals surface area (Å²) < 4.78 is 0. The van der Waals surface area contributed by atoms with Crippen LogP contribution in [-0.4, -0.2) is 81.7 Å². The molecule has 4 unspecified atom stereocenters. The number of amides is 4. The topological polar surface area (TPSA) is 251 Å². The van der Waals surface area contributed by atoms with Crippen molar-refractivity contribution in [2.45, 2.75) is 56.3 Å². The molecule has 0 saturated carbocycles. The molecule has 1 rings (SSSR count). The zero-order chi connectivity index (χ0) is 27.3. The van der Waals surface area contributed by atoms with Gasteiger partial charge in [0.2, 0.25) is 23.6 Å². The molecule has 0 aliphatic carbocycles. The summed E-state index contributed by atoms with van der Waals surface area (Å²) in [7, 11) is 0. The van der Waals surface area contributed by atoms with E-state index in [1.54, 1.807) is 30.3 Å². The fourth-order valence-electron chi connectivity index (χ4n) is 3.06. The number of carboxylic acids is 2. The summed E-state index contributed by atoms with van der Waals surface area (Å²) in [6.45, 7) is -0.851. The number of aliphatic carboxylic acids is 2. The number of hydrogen-bond donors (Lipinski definition) is 8. The van der Waals surface area contributed by atoms with Gasteiger partial charge in [0.25, 0.3) is 0 Å². The normalized spacial score (nSPS) is 13.9. The van der Waals surface area contributed by atoms with Crippen molar-refractivity contribution in [1.29, 1.82) is 0 Å². The number of carbonyl (C=O) groups is 6. The third-order valence-electron chi connectivity index (χ3n) is 5.02. The zero-order valence-electron chi connectivity index (χ0n) is 19.4. The first kappa shape index (κ1) is 30.0. The number of benzene rings is 1. The molecule has 0 bridgehead atoms. The minimum absolute atomic E-state index is 0.156. The van der Waals surface area contributed by atoms with Gasteiger partial charge in [0, 0.05) is 12.8 Å². The summed E-state index contributed by atoms with van der Waals surface area (Å²) in [5, 5.41) is 34.2. The van der Waals surface area contributed by atoms with E-state index in [2.05, 4.69) is 16.0 Å². The fraction of sp³-hybridized carbons (Fsp3) is 0.455. The van der Waals surface area contributed by atoms with E-state index in [-0.39, 0.29) is 19.3 Å². The van der Waals surface area contributed by atoms with Crippen molar-refractivity contribution in [3.63, 3.8) is 0 Å². The third kappa shape index (κ3) is 10.9. The number of carboxylic acid groups (broad SMARTS) is 2. The van der Waals surface area contributed by atoms with Crippen LogP contribution < -0.4 is 27.4 Å². The minimum atomic E-state index is -1.58. The fourth-order valence-corrected chi connectivity index (χ4v) is 3.06. The van der Waals surface area contributed by atoms with E-state index in [0.717, 1.165) is 5.56 Å². The number of primary amides is 1. The molecule has 0 heterocycles. The second-order valence-electron chi connectivity index (χ2n) is 7.94. The molecule has 4 amide bonds. The zero-order valence-corrected chi connectivity index (χ0v) is 19.4. The highest BCUT2D eigenvalue weighted by molar-refractivity contribution is 5.94. The van der Waals surface area contributed by atoms with Gasteiger partial charge in [0.1, 0.15) is 18.1 Å². The van der Waals surface area contributed by atoms with Gasteiger partial charge in [0.15, 0.2) is 0 Å². The van der Waals surface area contributed by atoms with Crippen LogP contribution in [0.15, 0.2) is 30.3 Å². The summed E-state index contributed by atoms with van der Waals surface area (Å²) in [5.41, 5.74) is 11.7. The average Bonchev–Trinajstić information content (AvgIpc) is 2.82. The highest BCUT2D eigenvalue weighted by Crippen LogP contribution is 2.05. The van der Waals surface area contributed by atoms with Crippen LogP contribution in [0, 0.1) is 0 Å². The number of aliphatic hydroxyl groups is 1. The van der Waals surface area contributed by atoms with E-state index in [0.29, 0.717) is 0 Å². The van der Waals surface area contributed by atoms with Crippen molar-refractivity contribution in [3.8, 4) is 0 Å². The lowest BCUT2D eigenvalue weighted by atomic mass is 10.1. The lowest BCUT2D eigenvalue weighted by Crippen LogP contribution is -2.58. The van der Waals surface area contributed by atoms with Crippen LogP contribution >= 0.6 is 0 Å². The maximum absolute atomic E-state index is 12.7. The number of rotatable bonds is 16. The van der Waals surface area contributed by atoms with Gasteiger partial charge >= 0.3 is 11.9 Å². The maximum Gasteiger partial charge on any atom is 0.326 e. The van der Waals surface area contributed by atoms with Crippen molar-refractivity contribution in [2.75, 3.05) is 6.61 Å². The first-order valence-corrected chi connectivity index (χ1v) is 11.0. The second-order valence-corrected chi connectivity index (χ2v) is 7.94. The van der Waals surface area contributed by atoms with Gasteiger partial charge in [0.05, 0.1) is 12.6 Å². The summed E-state index contributed by atoms with van der Waals surface area (Å²) in [5.74, 6) is -6.35.